The molecule has 1 N–H and O–H groups in total. The number of halogens is 1. The van der Waals surface area contributed by atoms with Crippen LogP contribution >= 0.6 is 11.6 Å². The van der Waals surface area contributed by atoms with Crippen molar-refractivity contribution in [3.8, 4) is 11.5 Å². The van der Waals surface area contributed by atoms with Crippen molar-refractivity contribution >= 4 is 23.9 Å². The van der Waals surface area contributed by atoms with Crippen LogP contribution < -0.4 is 14.9 Å². The van der Waals surface area contributed by atoms with E-state index in [0.717, 1.165) is 5.75 Å². The number of carbonyl (C=O) groups is 1. The monoisotopic (exact) mass is 418 g/mol. The minimum absolute atomic E-state index is 0.399. The van der Waals surface area contributed by atoms with E-state index in [9.17, 15) is 4.79 Å². The summed E-state index contributed by atoms with van der Waals surface area (Å²) in [6, 6.07) is 11.5. The number of ether oxygens (including phenoxy) is 3. The zero-order chi connectivity index (χ0) is 21.2. The van der Waals surface area contributed by atoms with Crippen LogP contribution in [0, 0.1) is 6.92 Å². The smallest absolute Gasteiger partial charge is 0.427 e. The molecule has 2 aromatic rings. The maximum atomic E-state index is 11.1. The molecule has 0 saturated carbocycles. The molecular weight excluding hydrogens is 392 g/mol. The summed E-state index contributed by atoms with van der Waals surface area (Å²) in [6.45, 7) is 7.37. The molecule has 0 spiro atoms. The van der Waals surface area contributed by atoms with Gasteiger partial charge in [-0.25, -0.2) is 10.2 Å². The van der Waals surface area contributed by atoms with Gasteiger partial charge in [0.2, 0.25) is 0 Å². The molecule has 0 fully saturated rings. The lowest BCUT2D eigenvalue weighted by Gasteiger charge is -2.15. The Hall–Kier alpha value is -2.73. The average Bonchev–Trinajstić information content (AvgIpc) is 2.68. The maximum absolute atomic E-state index is 11.1. The third-order valence-corrected chi connectivity index (χ3v) is 4.35. The highest BCUT2D eigenvalue weighted by molar-refractivity contribution is 6.30. The minimum atomic E-state index is -0.653. The number of carbonyl (C=O) groups excluding carboxylic acids is 1. The number of nitrogens with one attached hydrogen (secondary N) is 1. The number of aryl methyl sites for hydroxylation is 1. The van der Waals surface area contributed by atoms with Crippen LogP contribution in [0.25, 0.3) is 0 Å². The van der Waals surface area contributed by atoms with Crippen molar-refractivity contribution < 1.29 is 19.0 Å². The van der Waals surface area contributed by atoms with Gasteiger partial charge in [0, 0.05) is 17.0 Å². The lowest BCUT2D eigenvalue weighted by molar-refractivity contribution is 0.171. The number of hydrazone groups is 1. The van der Waals surface area contributed by atoms with E-state index in [-0.39, 0.29) is 0 Å². The Labute approximate surface area is 176 Å². The van der Waals surface area contributed by atoms with E-state index >= 15 is 0 Å². The SMILES string of the molecule is COC(=O)N/N=C\c1cc(Cl)ccc1OCCCOc1cc(C)ccc1C(C)C. The second-order valence-corrected chi connectivity index (χ2v) is 7.23. The van der Waals surface area contributed by atoms with Crippen LogP contribution in [0.5, 0.6) is 11.5 Å². The summed E-state index contributed by atoms with van der Waals surface area (Å²) in [4.78, 5) is 11.1. The van der Waals surface area contributed by atoms with Crippen LogP contribution in [0.1, 0.15) is 42.9 Å². The van der Waals surface area contributed by atoms with Gasteiger partial charge in [0.05, 0.1) is 26.5 Å². The molecule has 156 valence electrons. The van der Waals surface area contributed by atoms with Gasteiger partial charge >= 0.3 is 6.09 Å². The van der Waals surface area contributed by atoms with Gasteiger partial charge in [0.25, 0.3) is 0 Å². The van der Waals surface area contributed by atoms with Crippen LogP contribution in [0.2, 0.25) is 5.02 Å². The predicted octanol–water partition coefficient (Wildman–Crippen LogP) is 5.31. The predicted molar refractivity (Wildman–Crippen MR) is 115 cm³/mol. The lowest BCUT2D eigenvalue weighted by Crippen LogP contribution is -2.16. The largest absolute Gasteiger partial charge is 0.493 e. The van der Waals surface area contributed by atoms with Crippen LogP contribution in [-0.4, -0.2) is 32.6 Å². The van der Waals surface area contributed by atoms with Crippen LogP contribution in [-0.2, 0) is 4.74 Å². The molecule has 29 heavy (non-hydrogen) atoms. The maximum Gasteiger partial charge on any atom is 0.427 e. The van der Waals surface area contributed by atoms with Crippen molar-refractivity contribution in [2.45, 2.75) is 33.1 Å². The zero-order valence-electron chi connectivity index (χ0n) is 17.2. The molecule has 0 aliphatic carbocycles. The van der Waals surface area contributed by atoms with Gasteiger partial charge in [-0.3, -0.25) is 0 Å². The van der Waals surface area contributed by atoms with Crippen molar-refractivity contribution in [2.24, 2.45) is 5.10 Å². The molecule has 0 aliphatic heterocycles. The Morgan fingerprint density at radius 1 is 1.14 bits per heavy atom. The first-order valence-corrected chi connectivity index (χ1v) is 9.81. The minimum Gasteiger partial charge on any atom is -0.493 e. The van der Waals surface area contributed by atoms with Gasteiger partial charge in [0.15, 0.2) is 0 Å². The Balaban J connectivity index is 1.89. The molecule has 0 saturated heterocycles. The van der Waals surface area contributed by atoms with Gasteiger partial charge in [-0.1, -0.05) is 37.6 Å². The molecule has 0 aromatic heterocycles. The molecule has 0 atom stereocenters. The highest BCUT2D eigenvalue weighted by atomic mass is 35.5. The fourth-order valence-corrected chi connectivity index (χ4v) is 2.80. The summed E-state index contributed by atoms with van der Waals surface area (Å²) in [7, 11) is 1.27. The van der Waals surface area contributed by atoms with Crippen molar-refractivity contribution in [3.63, 3.8) is 0 Å². The Morgan fingerprint density at radius 3 is 2.55 bits per heavy atom. The Bertz CT molecular complexity index is 853. The molecule has 1 amide bonds. The standard InChI is InChI=1S/C22H27ClN2O4/c1-15(2)19-8-6-16(3)12-21(19)29-11-5-10-28-20-9-7-18(23)13-17(20)14-24-25-22(26)27-4/h6-9,12-15H,5,10-11H2,1-4H3,(H,25,26)/b24-14-. The van der Waals surface area contributed by atoms with Gasteiger partial charge < -0.3 is 14.2 Å². The fourth-order valence-electron chi connectivity index (χ4n) is 2.62. The molecule has 0 bridgehead atoms. The first-order valence-electron chi connectivity index (χ1n) is 9.43. The normalized spacial score (nSPS) is 11.0. The summed E-state index contributed by atoms with van der Waals surface area (Å²) in [6.07, 6.45) is 1.52. The second-order valence-electron chi connectivity index (χ2n) is 6.79. The molecule has 2 aromatic carbocycles. The third-order valence-electron chi connectivity index (χ3n) is 4.11. The number of nitrogens with zero attached hydrogens (tertiary/aromatic N) is 1. The third kappa shape index (κ3) is 7.31. The van der Waals surface area contributed by atoms with Gasteiger partial charge in [-0.2, -0.15) is 5.10 Å². The number of hydrogen-bond acceptors (Lipinski definition) is 5. The molecular formula is C22H27ClN2O4. The van der Waals surface area contributed by atoms with Gasteiger partial charge in [-0.15, -0.1) is 0 Å². The zero-order valence-corrected chi connectivity index (χ0v) is 18.0. The first-order chi connectivity index (χ1) is 13.9. The summed E-state index contributed by atoms with van der Waals surface area (Å²) < 4.78 is 16.3. The number of amides is 1. The van der Waals surface area contributed by atoms with Crippen molar-refractivity contribution in [2.75, 3.05) is 20.3 Å². The number of benzene rings is 2. The quantitative estimate of drug-likeness (QED) is 0.340. The summed E-state index contributed by atoms with van der Waals surface area (Å²) in [5.41, 5.74) is 5.25. The number of hydrogen-bond donors (Lipinski definition) is 1. The van der Waals surface area contributed by atoms with E-state index in [1.54, 1.807) is 18.2 Å². The molecule has 0 heterocycles. The summed E-state index contributed by atoms with van der Waals surface area (Å²) in [5, 5.41) is 4.36. The van der Waals surface area contributed by atoms with Gasteiger partial charge in [0.1, 0.15) is 11.5 Å². The topological polar surface area (TPSA) is 69.2 Å². The van der Waals surface area contributed by atoms with Crippen LogP contribution in [0.4, 0.5) is 4.79 Å². The lowest BCUT2D eigenvalue weighted by atomic mass is 10.0. The van der Waals surface area contributed by atoms with E-state index in [1.165, 1.54) is 24.5 Å². The van der Waals surface area contributed by atoms with Crippen molar-refractivity contribution in [1.29, 1.82) is 0 Å². The Kier molecular flexibility index (Phi) is 8.80. The first kappa shape index (κ1) is 22.6. The van der Waals surface area contributed by atoms with E-state index in [0.29, 0.717) is 41.9 Å². The van der Waals surface area contributed by atoms with Crippen molar-refractivity contribution in [3.05, 3.63) is 58.1 Å². The average molecular weight is 419 g/mol. The molecule has 6 nitrogen and oxygen atoms in total. The molecule has 2 rings (SSSR count). The molecule has 0 radical (unpaired) electrons. The van der Waals surface area contributed by atoms with Crippen LogP contribution in [0.15, 0.2) is 41.5 Å². The highest BCUT2D eigenvalue weighted by Gasteiger charge is 2.08. The number of rotatable bonds is 9. The number of methoxy groups -OCH3 is 1. The molecule has 0 unspecified atom stereocenters. The fraction of sp³-hybridized carbons (Fsp3) is 0.364. The molecule has 7 heteroatoms. The summed E-state index contributed by atoms with van der Waals surface area (Å²) in [5.74, 6) is 1.94. The van der Waals surface area contributed by atoms with E-state index < -0.39 is 6.09 Å². The highest BCUT2D eigenvalue weighted by Crippen LogP contribution is 2.27. The van der Waals surface area contributed by atoms with E-state index in [1.807, 2.05) is 0 Å². The molecule has 0 aliphatic rings. The van der Waals surface area contributed by atoms with E-state index in [2.05, 4.69) is 54.2 Å². The summed E-state index contributed by atoms with van der Waals surface area (Å²) >= 11 is 6.04. The van der Waals surface area contributed by atoms with Crippen LogP contribution in [0.3, 0.4) is 0 Å². The Morgan fingerprint density at radius 2 is 1.86 bits per heavy atom. The second kappa shape index (κ2) is 11.3. The van der Waals surface area contributed by atoms with Gasteiger partial charge in [-0.05, 0) is 48.2 Å². The van der Waals surface area contributed by atoms with E-state index in [4.69, 9.17) is 21.1 Å². The van der Waals surface area contributed by atoms with Crippen molar-refractivity contribution in [1.82, 2.24) is 5.43 Å².